The molecule has 0 aliphatic carbocycles. The third-order valence-corrected chi connectivity index (χ3v) is 4.46. The van der Waals surface area contributed by atoms with Crippen LogP contribution in [0, 0.1) is 0 Å². The van der Waals surface area contributed by atoms with Crippen molar-refractivity contribution in [2.75, 3.05) is 18.4 Å². The van der Waals surface area contributed by atoms with E-state index in [0.29, 0.717) is 35.7 Å². The molecule has 2 rings (SSSR count). The molecular weight excluding hydrogens is 408 g/mol. The minimum absolute atomic E-state index is 0.0484. The first-order chi connectivity index (χ1) is 12.8. The highest BCUT2D eigenvalue weighted by molar-refractivity contribution is 9.10. The smallest absolute Gasteiger partial charge is 0.259 e. The van der Waals surface area contributed by atoms with Crippen molar-refractivity contribution in [2.24, 2.45) is 0 Å². The first-order valence-electron chi connectivity index (χ1n) is 9.02. The summed E-state index contributed by atoms with van der Waals surface area (Å²) in [5, 5.41) is 2.86. The normalized spacial score (nSPS) is 10.6. The first-order valence-corrected chi connectivity index (χ1v) is 9.81. The maximum Gasteiger partial charge on any atom is 0.259 e. The van der Waals surface area contributed by atoms with Gasteiger partial charge in [-0.1, -0.05) is 22.0 Å². The van der Waals surface area contributed by atoms with Crippen molar-refractivity contribution in [1.29, 1.82) is 0 Å². The summed E-state index contributed by atoms with van der Waals surface area (Å²) >= 11 is 3.39. The molecule has 5 nitrogen and oxygen atoms in total. The van der Waals surface area contributed by atoms with Gasteiger partial charge in [0.2, 0.25) is 0 Å². The van der Waals surface area contributed by atoms with Gasteiger partial charge in [-0.25, -0.2) is 0 Å². The van der Waals surface area contributed by atoms with Gasteiger partial charge in [0, 0.05) is 28.8 Å². The second-order valence-electron chi connectivity index (χ2n) is 6.32. The largest absolute Gasteiger partial charge is 0.490 e. The summed E-state index contributed by atoms with van der Waals surface area (Å²) in [5.41, 5.74) is 1.54. The van der Waals surface area contributed by atoms with E-state index in [1.165, 1.54) is 0 Å². The van der Waals surface area contributed by atoms with Crippen LogP contribution in [0.25, 0.3) is 0 Å². The zero-order valence-electron chi connectivity index (χ0n) is 16.1. The summed E-state index contributed by atoms with van der Waals surface area (Å²) in [5.74, 6) is 0.169. The maximum absolute atomic E-state index is 12.8. The fourth-order valence-corrected chi connectivity index (χ4v) is 3.02. The van der Waals surface area contributed by atoms with Gasteiger partial charge in [0.05, 0.1) is 11.7 Å². The molecule has 6 heteroatoms. The highest BCUT2D eigenvalue weighted by Crippen LogP contribution is 2.25. The van der Waals surface area contributed by atoms with Crippen molar-refractivity contribution >= 4 is 33.4 Å². The lowest BCUT2D eigenvalue weighted by Gasteiger charge is -2.19. The number of halogens is 1. The molecule has 0 unspecified atom stereocenters. The number of rotatable bonds is 7. The van der Waals surface area contributed by atoms with Gasteiger partial charge in [0.1, 0.15) is 5.75 Å². The molecule has 144 valence electrons. The summed E-state index contributed by atoms with van der Waals surface area (Å²) in [6, 6.07) is 12.3. The van der Waals surface area contributed by atoms with Crippen molar-refractivity contribution in [2.45, 2.75) is 33.8 Å². The molecule has 1 N–H and O–H groups in total. The summed E-state index contributed by atoms with van der Waals surface area (Å²) in [6.45, 7) is 8.98. The second kappa shape index (κ2) is 9.55. The molecule has 2 aromatic carbocycles. The highest BCUT2D eigenvalue weighted by Gasteiger charge is 2.17. The molecule has 0 heterocycles. The predicted octanol–water partition coefficient (Wildman–Crippen LogP) is 4.97. The van der Waals surface area contributed by atoms with Crippen LogP contribution in [0.5, 0.6) is 5.75 Å². The van der Waals surface area contributed by atoms with Gasteiger partial charge in [0.25, 0.3) is 11.8 Å². The molecular formula is C21H25BrN2O3. The molecule has 2 amide bonds. The monoisotopic (exact) mass is 432 g/mol. The van der Waals surface area contributed by atoms with Gasteiger partial charge in [-0.15, -0.1) is 0 Å². The number of nitrogens with one attached hydrogen (secondary N) is 1. The van der Waals surface area contributed by atoms with Crippen LogP contribution in [-0.4, -0.2) is 35.9 Å². The lowest BCUT2D eigenvalue weighted by Crippen LogP contribution is -2.30. The zero-order valence-corrected chi connectivity index (χ0v) is 17.7. The lowest BCUT2D eigenvalue weighted by molar-refractivity contribution is 0.0772. The predicted molar refractivity (Wildman–Crippen MR) is 112 cm³/mol. The summed E-state index contributed by atoms with van der Waals surface area (Å²) in [7, 11) is 0. The molecule has 0 saturated carbocycles. The number of carbonyl (C=O) groups excluding carboxylic acids is 2. The van der Waals surface area contributed by atoms with Gasteiger partial charge in [-0.05, 0) is 64.1 Å². The van der Waals surface area contributed by atoms with E-state index < -0.39 is 0 Å². The molecule has 27 heavy (non-hydrogen) atoms. The Morgan fingerprint density at radius 3 is 2.44 bits per heavy atom. The van der Waals surface area contributed by atoms with E-state index in [2.05, 4.69) is 21.2 Å². The summed E-state index contributed by atoms with van der Waals surface area (Å²) in [6.07, 6.45) is -0.0484. The number of hydrogen-bond acceptors (Lipinski definition) is 3. The number of carbonyl (C=O) groups is 2. The Morgan fingerprint density at radius 1 is 1.11 bits per heavy atom. The van der Waals surface area contributed by atoms with Crippen molar-refractivity contribution in [3.8, 4) is 5.75 Å². The van der Waals surface area contributed by atoms with E-state index in [4.69, 9.17) is 4.74 Å². The van der Waals surface area contributed by atoms with Gasteiger partial charge in [0.15, 0.2) is 0 Å². The van der Waals surface area contributed by atoms with Crippen LogP contribution in [0.3, 0.4) is 0 Å². The van der Waals surface area contributed by atoms with Crippen LogP contribution >= 0.6 is 15.9 Å². The number of amides is 2. The Balaban J connectivity index is 2.25. The molecule has 2 aromatic rings. The molecule has 0 aliphatic rings. The average Bonchev–Trinajstić information content (AvgIpc) is 2.64. The van der Waals surface area contributed by atoms with E-state index in [9.17, 15) is 9.59 Å². The van der Waals surface area contributed by atoms with Gasteiger partial charge in [-0.3, -0.25) is 9.59 Å². The van der Waals surface area contributed by atoms with Crippen molar-refractivity contribution in [1.82, 2.24) is 4.90 Å². The Kier molecular flexibility index (Phi) is 7.42. The fourth-order valence-electron chi connectivity index (χ4n) is 2.66. The quantitative estimate of drug-likeness (QED) is 0.671. The summed E-state index contributed by atoms with van der Waals surface area (Å²) < 4.78 is 6.53. The van der Waals surface area contributed by atoms with Crippen molar-refractivity contribution < 1.29 is 14.3 Å². The molecule has 0 fully saturated rings. The van der Waals surface area contributed by atoms with Gasteiger partial charge >= 0.3 is 0 Å². The Labute approximate surface area is 168 Å². The lowest BCUT2D eigenvalue weighted by atomic mass is 10.1. The minimum atomic E-state index is -0.292. The van der Waals surface area contributed by atoms with Crippen molar-refractivity contribution in [3.63, 3.8) is 0 Å². The third-order valence-electron chi connectivity index (χ3n) is 3.97. The molecule has 0 saturated heterocycles. The van der Waals surface area contributed by atoms with Crippen LogP contribution < -0.4 is 10.1 Å². The van der Waals surface area contributed by atoms with Crippen molar-refractivity contribution in [3.05, 3.63) is 58.1 Å². The fraction of sp³-hybridized carbons (Fsp3) is 0.333. The molecule has 0 radical (unpaired) electrons. The van der Waals surface area contributed by atoms with E-state index >= 15 is 0 Å². The highest BCUT2D eigenvalue weighted by atomic mass is 79.9. The van der Waals surface area contributed by atoms with E-state index in [1.54, 1.807) is 41.3 Å². The Morgan fingerprint density at radius 2 is 1.81 bits per heavy atom. The number of anilines is 1. The minimum Gasteiger partial charge on any atom is -0.490 e. The van der Waals surface area contributed by atoms with E-state index in [-0.39, 0.29) is 17.9 Å². The molecule has 0 aliphatic heterocycles. The summed E-state index contributed by atoms with van der Waals surface area (Å²) in [4.78, 5) is 27.1. The topological polar surface area (TPSA) is 58.6 Å². The van der Waals surface area contributed by atoms with Crippen LogP contribution in [-0.2, 0) is 0 Å². The Hall–Kier alpha value is -2.34. The number of benzene rings is 2. The number of hydrogen-bond donors (Lipinski definition) is 1. The van der Waals surface area contributed by atoms with Gasteiger partial charge < -0.3 is 15.0 Å². The van der Waals surface area contributed by atoms with Crippen LogP contribution in [0.2, 0.25) is 0 Å². The van der Waals surface area contributed by atoms with Crippen LogP contribution in [0.1, 0.15) is 48.4 Å². The average molecular weight is 433 g/mol. The first kappa shape index (κ1) is 21.0. The van der Waals surface area contributed by atoms with Crippen LogP contribution in [0.15, 0.2) is 46.9 Å². The van der Waals surface area contributed by atoms with Crippen LogP contribution in [0.4, 0.5) is 5.69 Å². The van der Waals surface area contributed by atoms with Gasteiger partial charge in [-0.2, -0.15) is 0 Å². The maximum atomic E-state index is 12.8. The second-order valence-corrected chi connectivity index (χ2v) is 7.24. The third kappa shape index (κ3) is 5.57. The zero-order chi connectivity index (χ0) is 20.0. The molecule has 0 bridgehead atoms. The molecule has 0 atom stereocenters. The van der Waals surface area contributed by atoms with E-state index in [0.717, 1.165) is 4.47 Å². The SMILES string of the molecule is CCN(CC)C(=O)c1cccc(NC(=O)c2cc(Br)ccc2OC(C)C)c1. The molecule has 0 aromatic heterocycles. The Bertz CT molecular complexity index is 817. The standard InChI is InChI=1S/C21H25BrN2O3/c1-5-24(6-2)21(26)15-8-7-9-17(12-15)23-20(25)18-13-16(22)10-11-19(18)27-14(3)4/h7-14H,5-6H2,1-4H3,(H,23,25). The number of nitrogens with zero attached hydrogens (tertiary/aromatic N) is 1. The molecule has 0 spiro atoms. The number of ether oxygens (including phenoxy) is 1. The van der Waals surface area contributed by atoms with E-state index in [1.807, 2.05) is 33.8 Å².